The molecule has 0 unspecified atom stereocenters. The fourth-order valence-corrected chi connectivity index (χ4v) is 2.11. The first-order chi connectivity index (χ1) is 9.10. The number of piperazine rings is 1. The van der Waals surface area contributed by atoms with Crippen molar-refractivity contribution >= 4 is 18.1 Å². The second-order valence-electron chi connectivity index (χ2n) is 4.83. The van der Waals surface area contributed by atoms with Gasteiger partial charge in [0.05, 0.1) is 12.8 Å². The number of phenolic OH excluding ortho intramolecular Hbond substituents is 1. The Hall–Kier alpha value is -1.46. The summed E-state index contributed by atoms with van der Waals surface area (Å²) >= 11 is 0. The van der Waals surface area contributed by atoms with E-state index in [1.165, 1.54) is 0 Å². The third-order valence-electron chi connectivity index (χ3n) is 3.37. The fraction of sp³-hybridized carbons (Fsp3) is 0.500. The summed E-state index contributed by atoms with van der Waals surface area (Å²) in [5.74, 6) is 0.850. The molecule has 0 radical (unpaired) electrons. The normalized spacial score (nSPS) is 16.8. The summed E-state index contributed by atoms with van der Waals surface area (Å²) in [6, 6.07) is 5.28. The van der Waals surface area contributed by atoms with Crippen molar-refractivity contribution in [1.29, 1.82) is 0 Å². The average Bonchev–Trinajstić information content (AvgIpc) is 2.41. The highest BCUT2D eigenvalue weighted by Gasteiger charge is 2.13. The summed E-state index contributed by atoms with van der Waals surface area (Å²) in [4.78, 5) is 2.28. The van der Waals surface area contributed by atoms with E-state index in [2.05, 4.69) is 22.1 Å². The van der Waals surface area contributed by atoms with Crippen LogP contribution in [0.15, 0.2) is 23.3 Å². The zero-order valence-electron chi connectivity index (χ0n) is 12.2. The van der Waals surface area contributed by atoms with Crippen molar-refractivity contribution in [3.05, 3.63) is 23.8 Å². The Morgan fingerprint density at radius 1 is 1.25 bits per heavy atom. The minimum atomic E-state index is 0. The van der Waals surface area contributed by atoms with Gasteiger partial charge in [0.15, 0.2) is 0 Å². The van der Waals surface area contributed by atoms with Crippen LogP contribution in [0.5, 0.6) is 11.5 Å². The van der Waals surface area contributed by atoms with Gasteiger partial charge in [0.25, 0.3) is 0 Å². The Morgan fingerprint density at radius 3 is 2.45 bits per heavy atom. The van der Waals surface area contributed by atoms with E-state index in [-0.39, 0.29) is 18.2 Å². The maximum absolute atomic E-state index is 9.98. The highest BCUT2D eigenvalue weighted by Crippen LogP contribution is 2.24. The van der Waals surface area contributed by atoms with Gasteiger partial charge >= 0.3 is 0 Å². The highest BCUT2D eigenvalue weighted by atomic mass is 35.5. The topological polar surface area (TPSA) is 48.3 Å². The van der Waals surface area contributed by atoms with E-state index >= 15 is 0 Å². The standard InChI is InChI=1S/C14H21N3O2.ClH/c1-11(15-17-8-6-16(2)7-9-17)13-5-4-12(19-3)10-14(13)18;/h4-5,10,18H,6-9H2,1-3H3;1H. The van der Waals surface area contributed by atoms with Gasteiger partial charge in [-0.25, -0.2) is 0 Å². The van der Waals surface area contributed by atoms with Crippen LogP contribution in [0.4, 0.5) is 0 Å². The number of hydrazone groups is 1. The predicted molar refractivity (Wildman–Crippen MR) is 83.2 cm³/mol. The highest BCUT2D eigenvalue weighted by molar-refractivity contribution is 6.01. The lowest BCUT2D eigenvalue weighted by atomic mass is 10.1. The molecule has 5 nitrogen and oxygen atoms in total. The summed E-state index contributed by atoms with van der Waals surface area (Å²) in [5, 5.41) is 16.6. The van der Waals surface area contributed by atoms with E-state index in [1.54, 1.807) is 13.2 Å². The van der Waals surface area contributed by atoms with Crippen molar-refractivity contribution in [2.75, 3.05) is 40.3 Å². The molecular formula is C14H22ClN3O2. The van der Waals surface area contributed by atoms with Gasteiger partial charge in [0.2, 0.25) is 0 Å². The van der Waals surface area contributed by atoms with Crippen LogP contribution in [-0.4, -0.2) is 61.1 Å². The molecule has 0 bridgehead atoms. The van der Waals surface area contributed by atoms with Crippen molar-refractivity contribution in [3.63, 3.8) is 0 Å². The molecule has 1 heterocycles. The molecule has 6 heteroatoms. The maximum atomic E-state index is 9.98. The lowest BCUT2D eigenvalue weighted by Crippen LogP contribution is -2.42. The van der Waals surface area contributed by atoms with E-state index in [4.69, 9.17) is 4.74 Å². The summed E-state index contributed by atoms with van der Waals surface area (Å²) in [6.07, 6.45) is 0. The van der Waals surface area contributed by atoms with Gasteiger partial charge in [0, 0.05) is 37.8 Å². The van der Waals surface area contributed by atoms with Gasteiger partial charge in [-0.1, -0.05) is 0 Å². The van der Waals surface area contributed by atoms with Gasteiger partial charge in [-0.3, -0.25) is 5.01 Å². The van der Waals surface area contributed by atoms with Crippen LogP contribution in [0.1, 0.15) is 12.5 Å². The monoisotopic (exact) mass is 299 g/mol. The molecule has 20 heavy (non-hydrogen) atoms. The number of halogens is 1. The van der Waals surface area contributed by atoms with Crippen LogP contribution in [0, 0.1) is 0 Å². The minimum absolute atomic E-state index is 0. The van der Waals surface area contributed by atoms with Gasteiger partial charge in [-0.2, -0.15) is 5.10 Å². The molecule has 1 fully saturated rings. The molecule has 1 aliphatic rings. The number of hydrogen-bond donors (Lipinski definition) is 1. The molecule has 0 amide bonds. The molecular weight excluding hydrogens is 278 g/mol. The predicted octanol–water partition coefficient (Wildman–Crippen LogP) is 1.79. The van der Waals surface area contributed by atoms with Gasteiger partial charge in [0.1, 0.15) is 11.5 Å². The smallest absolute Gasteiger partial charge is 0.128 e. The number of hydrogen-bond acceptors (Lipinski definition) is 5. The lowest BCUT2D eigenvalue weighted by molar-refractivity contribution is 0.159. The summed E-state index contributed by atoms with van der Waals surface area (Å²) in [5.41, 5.74) is 1.57. The third-order valence-corrected chi connectivity index (χ3v) is 3.37. The number of methoxy groups -OCH3 is 1. The first-order valence-electron chi connectivity index (χ1n) is 6.46. The SMILES string of the molecule is COc1ccc(C(C)=NN2CCN(C)CC2)c(O)c1.Cl. The van der Waals surface area contributed by atoms with Crippen molar-refractivity contribution in [2.24, 2.45) is 5.10 Å². The van der Waals surface area contributed by atoms with Gasteiger partial charge in [-0.15, -0.1) is 12.4 Å². The van der Waals surface area contributed by atoms with E-state index in [0.29, 0.717) is 5.75 Å². The summed E-state index contributed by atoms with van der Waals surface area (Å²) in [7, 11) is 3.70. The van der Waals surface area contributed by atoms with E-state index in [9.17, 15) is 5.11 Å². The molecule has 0 saturated carbocycles. The van der Waals surface area contributed by atoms with Crippen molar-refractivity contribution in [2.45, 2.75) is 6.92 Å². The lowest BCUT2D eigenvalue weighted by Gasteiger charge is -2.30. The van der Waals surface area contributed by atoms with Crippen LogP contribution in [0.3, 0.4) is 0 Å². The molecule has 0 aliphatic carbocycles. The van der Waals surface area contributed by atoms with Crippen LogP contribution >= 0.6 is 12.4 Å². The van der Waals surface area contributed by atoms with E-state index in [0.717, 1.165) is 37.5 Å². The van der Waals surface area contributed by atoms with Crippen molar-refractivity contribution in [1.82, 2.24) is 9.91 Å². The molecule has 1 aromatic rings. The molecule has 1 aromatic carbocycles. The second-order valence-corrected chi connectivity index (χ2v) is 4.83. The Labute approximate surface area is 126 Å². The van der Waals surface area contributed by atoms with Crippen LogP contribution in [-0.2, 0) is 0 Å². The quantitative estimate of drug-likeness (QED) is 0.865. The molecule has 0 spiro atoms. The summed E-state index contributed by atoms with van der Waals surface area (Å²) < 4.78 is 5.08. The number of ether oxygens (including phenoxy) is 1. The third kappa shape index (κ3) is 4.02. The number of benzene rings is 1. The number of aromatic hydroxyl groups is 1. The molecule has 112 valence electrons. The fourth-order valence-electron chi connectivity index (χ4n) is 2.11. The Bertz CT molecular complexity index is 471. The second kappa shape index (κ2) is 7.36. The number of rotatable bonds is 3. The van der Waals surface area contributed by atoms with Crippen LogP contribution in [0.2, 0.25) is 0 Å². The Balaban J connectivity index is 0.00000200. The number of nitrogens with zero attached hydrogens (tertiary/aromatic N) is 3. The van der Waals surface area contributed by atoms with Gasteiger partial charge in [-0.05, 0) is 26.1 Å². The maximum Gasteiger partial charge on any atom is 0.128 e. The average molecular weight is 300 g/mol. The molecule has 1 aliphatic heterocycles. The van der Waals surface area contributed by atoms with Crippen LogP contribution in [0.25, 0.3) is 0 Å². The molecule has 1 N–H and O–H groups in total. The Kier molecular flexibility index (Phi) is 6.10. The van der Waals surface area contributed by atoms with Crippen LogP contribution < -0.4 is 4.74 Å². The van der Waals surface area contributed by atoms with Crippen molar-refractivity contribution < 1.29 is 9.84 Å². The molecule has 0 aromatic heterocycles. The summed E-state index contributed by atoms with van der Waals surface area (Å²) in [6.45, 7) is 5.80. The molecule has 1 saturated heterocycles. The molecule has 0 atom stereocenters. The number of phenols is 1. The number of likely N-dealkylation sites (N-methyl/N-ethyl adjacent to an activating group) is 1. The van der Waals surface area contributed by atoms with Crippen molar-refractivity contribution in [3.8, 4) is 11.5 Å². The van der Waals surface area contributed by atoms with Gasteiger partial charge < -0.3 is 14.7 Å². The zero-order valence-corrected chi connectivity index (χ0v) is 13.0. The Morgan fingerprint density at radius 2 is 1.90 bits per heavy atom. The minimum Gasteiger partial charge on any atom is -0.507 e. The zero-order chi connectivity index (χ0) is 13.8. The van der Waals surface area contributed by atoms with E-state index < -0.39 is 0 Å². The van der Waals surface area contributed by atoms with E-state index in [1.807, 2.05) is 19.1 Å². The molecule has 2 rings (SSSR count). The first kappa shape index (κ1) is 16.6. The largest absolute Gasteiger partial charge is 0.507 e. The first-order valence-corrected chi connectivity index (χ1v) is 6.46.